The molecule has 0 aliphatic carbocycles. The molecule has 28 heteroatoms. The van der Waals surface area contributed by atoms with Crippen LogP contribution in [-0.2, 0) is 19.7 Å². The van der Waals surface area contributed by atoms with E-state index in [1.807, 2.05) is 68.4 Å². The predicted molar refractivity (Wildman–Crippen MR) is 370 cm³/mol. The van der Waals surface area contributed by atoms with Gasteiger partial charge in [0.05, 0.1) is 78.6 Å². The first kappa shape index (κ1) is 66.4. The molecule has 0 bridgehead atoms. The number of sulfone groups is 2. The van der Waals surface area contributed by atoms with Gasteiger partial charge in [-0.3, -0.25) is 19.7 Å². The third-order valence-corrected chi connectivity index (χ3v) is 19.1. The fourth-order valence-electron chi connectivity index (χ4n) is 9.18. The van der Waals surface area contributed by atoms with E-state index in [-0.39, 0.29) is 53.7 Å². The Bertz CT molecular complexity index is 4510. The Morgan fingerprint density at radius 3 is 1.59 bits per heavy atom. The molecule has 0 spiro atoms. The van der Waals surface area contributed by atoms with Crippen molar-refractivity contribution in [3.63, 3.8) is 0 Å². The molecule has 6 aromatic heterocycles. The van der Waals surface area contributed by atoms with E-state index in [1.165, 1.54) is 0 Å². The molecule has 1 amide bonds. The lowest BCUT2D eigenvalue weighted by Gasteiger charge is -2.29. The minimum Gasteiger partial charge on any atom is -0.414 e. The molecular weight excluding hydrogens is 1210 g/mol. The van der Waals surface area contributed by atoms with E-state index in [4.69, 9.17) is 35.4 Å². The second-order valence-corrected chi connectivity index (χ2v) is 27.3. The number of hydrogen-bond acceptors (Lipinski definition) is 25. The van der Waals surface area contributed by atoms with E-state index in [9.17, 15) is 21.6 Å². The summed E-state index contributed by atoms with van der Waals surface area (Å²) in [5, 5.41) is 26.2. The maximum atomic E-state index is 12.7. The average Bonchev–Trinajstić information content (AvgIpc) is 1.34. The SMILES string of the molecule is C=C(c1ccc(-c2cnc(C)c(-c3nnc(-c4ccccc4N)o3)n2)cc1)N(C)C.Cc1ncc(-c2ccc(S(=O)(=O)C(C)C)cc2)nc1-c1nnc(C(=O)N2CCCC(N)C2)o1.Cc1ncc(-c2ccc(S(=O)(=O)C(C)C)cc2)nc1-c1nnc(NCCCN)o1.[HH].[HH].[HH].[HH].[HH].[HH].[HH].[HH].[HH].[HH]. The number of rotatable bonds is 18. The van der Waals surface area contributed by atoms with Crippen molar-refractivity contribution in [1.29, 1.82) is 0 Å². The molecule has 7 N–H and O–H groups in total. The summed E-state index contributed by atoms with van der Waals surface area (Å²) in [5.41, 5.74) is 28.1. The van der Waals surface area contributed by atoms with E-state index in [0.29, 0.717) is 106 Å². The topological polar surface area (TPSA) is 376 Å². The summed E-state index contributed by atoms with van der Waals surface area (Å²) in [5.74, 6) is 0.525. The highest BCUT2D eigenvalue weighted by Crippen LogP contribution is 2.32. The Morgan fingerprint density at radius 1 is 0.652 bits per heavy atom. The molecule has 0 saturated carbocycles. The van der Waals surface area contributed by atoms with Crippen LogP contribution < -0.4 is 22.5 Å². The maximum Gasteiger partial charge on any atom is 0.315 e. The maximum absolute atomic E-state index is 12.7. The number of carbonyl (C=O) groups is 1. The summed E-state index contributed by atoms with van der Waals surface area (Å²) in [6.07, 6.45) is 7.45. The van der Waals surface area contributed by atoms with Gasteiger partial charge >= 0.3 is 17.8 Å². The highest BCUT2D eigenvalue weighted by Gasteiger charge is 2.28. The number of hydrogen-bond donors (Lipinski definition) is 4. The number of likely N-dealkylation sites (tertiary alicyclic amines) is 1. The first-order chi connectivity index (χ1) is 43.9. The van der Waals surface area contributed by atoms with Gasteiger partial charge in [0.25, 0.3) is 17.7 Å². The van der Waals surface area contributed by atoms with Gasteiger partial charge in [-0.1, -0.05) is 72.3 Å². The van der Waals surface area contributed by atoms with Gasteiger partial charge in [0.15, 0.2) is 19.7 Å². The number of nitrogens with zero attached hydrogens (tertiary/aromatic N) is 14. The van der Waals surface area contributed by atoms with Crippen LogP contribution in [0.25, 0.3) is 85.7 Å². The predicted octanol–water partition coefficient (Wildman–Crippen LogP) is 11.4. The molecule has 1 aliphatic heterocycles. The van der Waals surface area contributed by atoms with Crippen molar-refractivity contribution in [2.45, 2.75) is 94.1 Å². The van der Waals surface area contributed by atoms with Crippen LogP contribution in [0.5, 0.6) is 0 Å². The van der Waals surface area contributed by atoms with Crippen LogP contribution in [0.15, 0.2) is 145 Å². The first-order valence-electron chi connectivity index (χ1n) is 29.4. The van der Waals surface area contributed by atoms with Crippen molar-refractivity contribution in [3.8, 4) is 80.0 Å². The lowest BCUT2D eigenvalue weighted by molar-refractivity contribution is 0.0669. The third kappa shape index (κ3) is 15.4. The number of amides is 1. The van der Waals surface area contributed by atoms with Crippen LogP contribution in [0.4, 0.5) is 11.7 Å². The number of nitrogens with two attached hydrogens (primary N) is 3. The molecular formula is C64H92N18O8S2. The number of nitrogen functional groups attached to an aromatic ring is 1. The van der Waals surface area contributed by atoms with Gasteiger partial charge in [-0.25, -0.2) is 31.8 Å². The molecule has 1 fully saturated rings. The highest BCUT2D eigenvalue weighted by molar-refractivity contribution is 7.92. The molecule has 26 nitrogen and oxygen atoms in total. The van der Waals surface area contributed by atoms with E-state index in [1.54, 1.807) is 120 Å². The van der Waals surface area contributed by atoms with Crippen LogP contribution in [-0.4, -0.2) is 150 Å². The van der Waals surface area contributed by atoms with Crippen LogP contribution in [0, 0.1) is 20.8 Å². The van der Waals surface area contributed by atoms with Gasteiger partial charge in [0.1, 0.15) is 17.1 Å². The average molecular weight is 1310 g/mol. The van der Waals surface area contributed by atoms with E-state index in [2.05, 4.69) is 67.4 Å². The second kappa shape index (κ2) is 28.9. The minimum absolute atomic E-state index is 0. The molecule has 1 saturated heterocycles. The number of nitrogens with one attached hydrogen (secondary N) is 1. The molecule has 7 heterocycles. The summed E-state index contributed by atoms with van der Waals surface area (Å²) in [7, 11) is -2.75. The number of aryl methyl sites for hydroxylation is 3. The number of para-hydroxylation sites is 1. The Kier molecular flexibility index (Phi) is 20.8. The summed E-state index contributed by atoms with van der Waals surface area (Å²) in [6.45, 7) is 18.3. The number of carbonyl (C=O) groups excluding carboxylic acids is 1. The molecule has 1 atom stereocenters. The van der Waals surface area contributed by atoms with Crippen LogP contribution in [0.3, 0.4) is 0 Å². The number of piperidine rings is 1. The summed E-state index contributed by atoms with van der Waals surface area (Å²) in [6, 6.07) is 28.7. The quantitative estimate of drug-likeness (QED) is 0.0458. The Balaban J connectivity index is 0. The fraction of sp³-hybridized carbons (Fsp3) is 0.297. The molecule has 11 rings (SSSR count). The minimum atomic E-state index is -3.37. The van der Waals surface area contributed by atoms with Gasteiger partial charge in [0.2, 0.25) is 5.89 Å². The Labute approximate surface area is 548 Å². The smallest absolute Gasteiger partial charge is 0.315 e. The zero-order valence-electron chi connectivity index (χ0n) is 52.4. The lowest BCUT2D eigenvalue weighted by Crippen LogP contribution is -2.45. The molecule has 498 valence electrons. The van der Waals surface area contributed by atoms with Gasteiger partial charge in [-0.15, -0.1) is 25.5 Å². The van der Waals surface area contributed by atoms with Crippen molar-refractivity contribution in [1.82, 2.24) is 70.3 Å². The van der Waals surface area contributed by atoms with Crippen molar-refractivity contribution in [3.05, 3.63) is 151 Å². The largest absolute Gasteiger partial charge is 0.414 e. The first-order valence-corrected chi connectivity index (χ1v) is 32.5. The Morgan fingerprint density at radius 2 is 1.11 bits per heavy atom. The van der Waals surface area contributed by atoms with Gasteiger partial charge in [-0.2, -0.15) is 0 Å². The zero-order valence-corrected chi connectivity index (χ0v) is 54.1. The van der Waals surface area contributed by atoms with E-state index in [0.717, 1.165) is 47.3 Å². The molecule has 0 radical (unpaired) electrons. The molecule has 1 aliphatic rings. The monoisotopic (exact) mass is 1300 g/mol. The standard InChI is InChI=1S/C23H22N6O.C22H26N6O4S.C19H24N6O3S.10H2/c1-14-21(23-28-27-22(30-23)18-7-5-6-8-19(18)24)26-20(13-25-14)17-11-9-16(10-12-17)15(2)29(3)4;1-13(2)33(30,31)17-8-6-15(7-9-17)18-11-24-14(3)19(25-18)20-26-27-21(32-20)22(29)28-10-4-5-16(23)12-28;1-12(2)29(26,27)15-7-5-14(6-8-15)16-11-22-13(3)17(23-16)18-24-25-19(28-18)21-10-4-9-20;;;;;;;;;;/h5-13H,2,24H2,1,3-4H3;6-9,11,13,16H,4-5,10,12,23H2,1-3H3;5-8,11-12H,4,9-10,20H2,1-3H3,(H,21,25);10*1H. The van der Waals surface area contributed by atoms with Crippen molar-refractivity contribution in [2.24, 2.45) is 11.5 Å². The molecule has 10 aromatic rings. The fourth-order valence-corrected chi connectivity index (χ4v) is 11.3. The number of aromatic nitrogens is 12. The third-order valence-electron chi connectivity index (χ3n) is 14.8. The lowest BCUT2D eigenvalue weighted by atomic mass is 10.1. The molecule has 92 heavy (non-hydrogen) atoms. The summed E-state index contributed by atoms with van der Waals surface area (Å²) < 4.78 is 66.4. The number of benzene rings is 4. The van der Waals surface area contributed by atoms with Gasteiger partial charge < -0.3 is 45.6 Å². The summed E-state index contributed by atoms with van der Waals surface area (Å²) >= 11 is 0. The summed E-state index contributed by atoms with van der Waals surface area (Å²) in [4.78, 5) is 44.0. The molecule has 1 unspecified atom stereocenters. The van der Waals surface area contributed by atoms with E-state index >= 15 is 0 Å². The van der Waals surface area contributed by atoms with Gasteiger partial charge in [-0.05, 0) is 116 Å². The van der Waals surface area contributed by atoms with Crippen molar-refractivity contribution < 1.29 is 49.1 Å². The van der Waals surface area contributed by atoms with Crippen LogP contribution in [0.1, 0.15) is 94.6 Å². The van der Waals surface area contributed by atoms with Crippen LogP contribution in [0.2, 0.25) is 0 Å². The highest BCUT2D eigenvalue weighted by atomic mass is 32.2. The number of anilines is 2. The second-order valence-electron chi connectivity index (χ2n) is 22.3. The molecule has 4 aromatic carbocycles. The van der Waals surface area contributed by atoms with Crippen molar-refractivity contribution >= 4 is 43.0 Å². The van der Waals surface area contributed by atoms with Crippen molar-refractivity contribution in [2.75, 3.05) is 51.3 Å². The normalized spacial score (nSPS) is 13.3. The van der Waals surface area contributed by atoms with E-state index < -0.39 is 30.2 Å². The van der Waals surface area contributed by atoms with Gasteiger partial charge in [0, 0.05) is 82.1 Å². The van der Waals surface area contributed by atoms with Crippen LogP contribution >= 0.6 is 0 Å². The Hall–Kier alpha value is -10.0. The zero-order chi connectivity index (χ0) is 66.0.